The fraction of sp³-hybridized carbons (Fsp3) is 0.750. The van der Waals surface area contributed by atoms with Gasteiger partial charge in [-0.3, -0.25) is 14.4 Å². The molecule has 21 heavy (non-hydrogen) atoms. The fourth-order valence-electron chi connectivity index (χ4n) is 1.49. The van der Waals surface area contributed by atoms with E-state index in [1.54, 1.807) is 6.92 Å². The molecule has 0 saturated heterocycles. The van der Waals surface area contributed by atoms with Crippen LogP contribution in [0.3, 0.4) is 0 Å². The Labute approximate surface area is 120 Å². The Balaban J connectivity index is 4.44. The summed E-state index contributed by atoms with van der Waals surface area (Å²) in [4.78, 5) is 33.5. The van der Waals surface area contributed by atoms with E-state index in [-0.39, 0.29) is 45.0 Å². The smallest absolute Gasteiger partial charge is 0.466 e. The number of carbonyl (C=O) groups excluding carboxylic acids is 3. The summed E-state index contributed by atoms with van der Waals surface area (Å²) < 4.78 is 41.9. The summed E-state index contributed by atoms with van der Waals surface area (Å²) in [7, 11) is 0. The lowest BCUT2D eigenvalue weighted by Crippen LogP contribution is -2.43. The van der Waals surface area contributed by atoms with Crippen molar-refractivity contribution in [2.75, 3.05) is 26.2 Å². The molecule has 0 aromatic carbocycles. The van der Waals surface area contributed by atoms with Gasteiger partial charge in [0.2, 0.25) is 5.91 Å². The van der Waals surface area contributed by atoms with Crippen molar-refractivity contribution in [2.45, 2.75) is 32.9 Å². The van der Waals surface area contributed by atoms with Gasteiger partial charge in [-0.05, 0) is 13.3 Å². The first kappa shape index (κ1) is 19.2. The third-order valence-electron chi connectivity index (χ3n) is 2.40. The zero-order chi connectivity index (χ0) is 16.5. The second-order valence-corrected chi connectivity index (χ2v) is 4.18. The van der Waals surface area contributed by atoms with Crippen molar-refractivity contribution in [3.63, 3.8) is 0 Å². The highest BCUT2D eigenvalue weighted by Crippen LogP contribution is 2.18. The molecule has 0 heterocycles. The van der Waals surface area contributed by atoms with Gasteiger partial charge in [-0.15, -0.1) is 0 Å². The van der Waals surface area contributed by atoms with Crippen molar-refractivity contribution in [1.82, 2.24) is 10.2 Å². The number of carbonyl (C=O) groups is 3. The van der Waals surface area contributed by atoms with Crippen LogP contribution in [0.25, 0.3) is 0 Å². The highest BCUT2D eigenvalue weighted by atomic mass is 19.4. The topological polar surface area (TPSA) is 75.7 Å². The molecule has 0 aromatic rings. The van der Waals surface area contributed by atoms with Gasteiger partial charge in [0, 0.05) is 26.6 Å². The molecule has 122 valence electrons. The molecule has 0 saturated carbocycles. The van der Waals surface area contributed by atoms with Crippen LogP contribution in [-0.2, 0) is 19.1 Å². The zero-order valence-corrected chi connectivity index (χ0v) is 12.0. The van der Waals surface area contributed by atoms with E-state index in [2.05, 4.69) is 10.1 Å². The van der Waals surface area contributed by atoms with Crippen molar-refractivity contribution in [3.05, 3.63) is 0 Å². The van der Waals surface area contributed by atoms with Crippen molar-refractivity contribution in [1.29, 1.82) is 0 Å². The maximum atomic E-state index is 12.4. The third kappa shape index (κ3) is 8.87. The van der Waals surface area contributed by atoms with Gasteiger partial charge in [0.05, 0.1) is 13.0 Å². The summed E-state index contributed by atoms with van der Waals surface area (Å²) in [6.45, 7) is 2.53. The van der Waals surface area contributed by atoms with Gasteiger partial charge in [0.25, 0.3) is 0 Å². The fourth-order valence-corrected chi connectivity index (χ4v) is 1.49. The summed E-state index contributed by atoms with van der Waals surface area (Å²) in [5, 5.41) is 2.41. The van der Waals surface area contributed by atoms with Gasteiger partial charge in [0.1, 0.15) is 0 Å². The van der Waals surface area contributed by atoms with Gasteiger partial charge < -0.3 is 15.0 Å². The number of nitrogens with zero attached hydrogens (tertiary/aromatic N) is 1. The Hall–Kier alpha value is -1.80. The average molecular weight is 312 g/mol. The van der Waals surface area contributed by atoms with Crippen LogP contribution < -0.4 is 5.32 Å². The van der Waals surface area contributed by atoms with E-state index in [0.717, 1.165) is 0 Å². The molecule has 0 rings (SSSR count). The molecule has 0 spiro atoms. The summed E-state index contributed by atoms with van der Waals surface area (Å²) in [6, 6.07) is 0. The molecule has 0 aliphatic rings. The highest BCUT2D eigenvalue weighted by molar-refractivity contribution is 5.82. The number of hydrogen-bond acceptors (Lipinski definition) is 4. The Morgan fingerprint density at radius 2 is 1.81 bits per heavy atom. The number of halogens is 3. The molecule has 1 N–H and O–H groups in total. The molecule has 0 bridgehead atoms. The monoisotopic (exact) mass is 312 g/mol. The Kier molecular flexibility index (Phi) is 8.41. The minimum atomic E-state index is -5.00. The first-order valence-electron chi connectivity index (χ1n) is 6.44. The minimum absolute atomic E-state index is 0.120. The standard InChI is InChI=1S/C12H19F3N2O4/c1-3-21-10(19)5-8-17(11(20)12(13,14)15)7-4-6-16-9(2)18/h3-8H2,1-2H3,(H,16,18). The SMILES string of the molecule is CCOC(=O)CCN(CCCNC(C)=O)C(=O)C(F)(F)F. The molecule has 0 aliphatic heterocycles. The van der Waals surface area contributed by atoms with Crippen LogP contribution in [0.5, 0.6) is 0 Å². The van der Waals surface area contributed by atoms with Gasteiger partial charge in [-0.1, -0.05) is 0 Å². The van der Waals surface area contributed by atoms with E-state index in [1.807, 2.05) is 0 Å². The molecule has 0 unspecified atom stereocenters. The van der Waals surface area contributed by atoms with Crippen LogP contribution in [-0.4, -0.2) is 55.1 Å². The van der Waals surface area contributed by atoms with Crippen molar-refractivity contribution < 1.29 is 32.3 Å². The predicted molar refractivity (Wildman–Crippen MR) is 67.2 cm³/mol. The summed E-state index contributed by atoms with van der Waals surface area (Å²) in [6.07, 6.45) is -5.15. The Bertz CT molecular complexity index is 372. The molecule has 0 fully saturated rings. The van der Waals surface area contributed by atoms with E-state index in [0.29, 0.717) is 4.90 Å². The summed E-state index contributed by atoms with van der Waals surface area (Å²) in [5.74, 6) is -2.98. The largest absolute Gasteiger partial charge is 0.471 e. The first-order valence-corrected chi connectivity index (χ1v) is 6.44. The predicted octanol–water partition coefficient (Wildman–Crippen LogP) is 0.857. The van der Waals surface area contributed by atoms with E-state index in [4.69, 9.17) is 0 Å². The lowest BCUT2D eigenvalue weighted by atomic mass is 10.3. The molecule has 0 aromatic heterocycles. The van der Waals surface area contributed by atoms with Crippen molar-refractivity contribution in [2.24, 2.45) is 0 Å². The Morgan fingerprint density at radius 1 is 1.19 bits per heavy atom. The van der Waals surface area contributed by atoms with Crippen LogP contribution >= 0.6 is 0 Å². The number of amides is 2. The number of esters is 1. The molecule has 0 radical (unpaired) electrons. The normalized spacial score (nSPS) is 10.9. The molecule has 0 atom stereocenters. The quantitative estimate of drug-likeness (QED) is 0.533. The van der Waals surface area contributed by atoms with Crippen molar-refractivity contribution >= 4 is 17.8 Å². The van der Waals surface area contributed by atoms with Crippen LogP contribution in [0.2, 0.25) is 0 Å². The van der Waals surface area contributed by atoms with E-state index in [1.165, 1.54) is 6.92 Å². The minimum Gasteiger partial charge on any atom is -0.466 e. The molecular formula is C12H19F3N2O4. The molecule has 9 heteroatoms. The number of hydrogen-bond donors (Lipinski definition) is 1. The summed E-state index contributed by atoms with van der Waals surface area (Å²) >= 11 is 0. The second-order valence-electron chi connectivity index (χ2n) is 4.18. The third-order valence-corrected chi connectivity index (χ3v) is 2.40. The van der Waals surface area contributed by atoms with Crippen LogP contribution in [0.4, 0.5) is 13.2 Å². The lowest BCUT2D eigenvalue weighted by Gasteiger charge is -2.23. The average Bonchev–Trinajstić information content (AvgIpc) is 2.36. The number of rotatable bonds is 8. The van der Waals surface area contributed by atoms with Gasteiger partial charge in [-0.2, -0.15) is 13.2 Å². The molecular weight excluding hydrogens is 293 g/mol. The molecule has 0 aliphatic carbocycles. The molecule has 6 nitrogen and oxygen atoms in total. The van der Waals surface area contributed by atoms with Crippen LogP contribution in [0, 0.1) is 0 Å². The number of ether oxygens (including phenoxy) is 1. The molecule has 2 amide bonds. The Morgan fingerprint density at radius 3 is 2.29 bits per heavy atom. The van der Waals surface area contributed by atoms with Gasteiger partial charge >= 0.3 is 18.1 Å². The highest BCUT2D eigenvalue weighted by Gasteiger charge is 2.42. The second kappa shape index (κ2) is 9.19. The van der Waals surface area contributed by atoms with Crippen molar-refractivity contribution in [3.8, 4) is 0 Å². The number of nitrogens with one attached hydrogen (secondary N) is 1. The van der Waals surface area contributed by atoms with Gasteiger partial charge in [-0.25, -0.2) is 0 Å². The number of alkyl halides is 3. The van der Waals surface area contributed by atoms with E-state index >= 15 is 0 Å². The maximum absolute atomic E-state index is 12.4. The summed E-state index contributed by atoms with van der Waals surface area (Å²) in [5.41, 5.74) is 0. The lowest BCUT2D eigenvalue weighted by molar-refractivity contribution is -0.185. The van der Waals surface area contributed by atoms with E-state index < -0.39 is 18.1 Å². The van der Waals surface area contributed by atoms with E-state index in [9.17, 15) is 27.6 Å². The zero-order valence-electron chi connectivity index (χ0n) is 12.0. The van der Waals surface area contributed by atoms with Gasteiger partial charge in [0.15, 0.2) is 0 Å². The van der Waals surface area contributed by atoms with Crippen LogP contribution in [0.1, 0.15) is 26.7 Å². The maximum Gasteiger partial charge on any atom is 0.471 e. The first-order chi connectivity index (χ1) is 9.68. The van der Waals surface area contributed by atoms with Crippen LogP contribution in [0.15, 0.2) is 0 Å².